The highest BCUT2D eigenvalue weighted by Gasteiger charge is 2.05. The first-order valence-corrected chi connectivity index (χ1v) is 2.98. The summed E-state index contributed by atoms with van der Waals surface area (Å²) >= 11 is 0. The van der Waals surface area contributed by atoms with E-state index < -0.39 is 6.10 Å². The Kier molecular flexibility index (Phi) is 3.97. The number of carbonyl (C=O) groups is 1. The van der Waals surface area contributed by atoms with Gasteiger partial charge in [0, 0.05) is 0 Å². The lowest BCUT2D eigenvalue weighted by Gasteiger charge is -1.99. The molecule has 1 atom stereocenters. The van der Waals surface area contributed by atoms with Gasteiger partial charge < -0.3 is 5.11 Å². The van der Waals surface area contributed by atoms with Crippen LogP contribution >= 0.6 is 0 Å². The van der Waals surface area contributed by atoms with Gasteiger partial charge in [-0.05, 0) is 20.3 Å². The van der Waals surface area contributed by atoms with Crippen LogP contribution in [0, 0.1) is 0 Å². The highest BCUT2D eigenvalue weighted by Crippen LogP contribution is 1.93. The molecule has 0 aromatic rings. The van der Waals surface area contributed by atoms with E-state index in [4.69, 9.17) is 5.11 Å². The van der Waals surface area contributed by atoms with E-state index in [0.29, 0.717) is 6.42 Å². The molecule has 52 valence electrons. The van der Waals surface area contributed by atoms with Crippen molar-refractivity contribution in [2.75, 3.05) is 0 Å². The molecule has 0 rings (SSSR count). The minimum atomic E-state index is -0.804. The minimum absolute atomic E-state index is 0.173. The number of allylic oxidation sites excluding steroid dienone is 1. The predicted molar refractivity (Wildman–Crippen MR) is 36.1 cm³/mol. The van der Waals surface area contributed by atoms with Crippen molar-refractivity contribution in [3.63, 3.8) is 0 Å². The molecule has 0 saturated carbocycles. The number of ketones is 1. The fraction of sp³-hybridized carbons (Fsp3) is 0.571. The fourth-order valence-electron chi connectivity index (χ4n) is 0.431. The van der Waals surface area contributed by atoms with Crippen molar-refractivity contribution in [2.24, 2.45) is 0 Å². The van der Waals surface area contributed by atoms with E-state index in [-0.39, 0.29) is 5.78 Å². The van der Waals surface area contributed by atoms with Crippen LogP contribution in [0.3, 0.4) is 0 Å². The van der Waals surface area contributed by atoms with E-state index in [2.05, 4.69) is 0 Å². The van der Waals surface area contributed by atoms with Crippen molar-refractivity contribution in [3.05, 3.63) is 12.2 Å². The summed E-state index contributed by atoms with van der Waals surface area (Å²) in [6, 6.07) is 0. The maximum absolute atomic E-state index is 10.4. The molecule has 0 bridgehead atoms. The molecule has 0 aromatic carbocycles. The van der Waals surface area contributed by atoms with Gasteiger partial charge in [0.1, 0.15) is 6.10 Å². The summed E-state index contributed by atoms with van der Waals surface area (Å²) in [7, 11) is 0. The molecule has 0 unspecified atom stereocenters. The van der Waals surface area contributed by atoms with Crippen molar-refractivity contribution in [1.29, 1.82) is 0 Å². The zero-order valence-corrected chi connectivity index (χ0v) is 5.79. The molecule has 0 aliphatic rings. The first-order valence-electron chi connectivity index (χ1n) is 2.98. The van der Waals surface area contributed by atoms with Gasteiger partial charge in [0.05, 0.1) is 0 Å². The van der Waals surface area contributed by atoms with E-state index in [1.54, 1.807) is 6.08 Å². The molecule has 0 saturated heterocycles. The monoisotopic (exact) mass is 128 g/mol. The second-order valence-corrected chi connectivity index (χ2v) is 1.93. The standard InChI is InChI=1S/C7H12O2/c1-3-4-5-7(9)6(2)8/h3-4,7,9H,5H2,1-2H3/t7-/m0/s1. The van der Waals surface area contributed by atoms with Gasteiger partial charge in [0.2, 0.25) is 0 Å². The molecule has 0 aromatic heterocycles. The third-order valence-corrected chi connectivity index (χ3v) is 1.06. The maximum Gasteiger partial charge on any atom is 0.158 e. The number of hydrogen-bond acceptors (Lipinski definition) is 2. The molecule has 0 amide bonds. The van der Waals surface area contributed by atoms with E-state index >= 15 is 0 Å². The molecule has 0 radical (unpaired) electrons. The molecule has 0 heterocycles. The summed E-state index contributed by atoms with van der Waals surface area (Å²) in [4.78, 5) is 10.4. The second-order valence-electron chi connectivity index (χ2n) is 1.93. The van der Waals surface area contributed by atoms with Gasteiger partial charge in [0.15, 0.2) is 5.78 Å². The minimum Gasteiger partial charge on any atom is -0.385 e. The van der Waals surface area contributed by atoms with Crippen LogP contribution in [0.5, 0.6) is 0 Å². The molecular weight excluding hydrogens is 116 g/mol. The van der Waals surface area contributed by atoms with E-state index in [0.717, 1.165) is 0 Å². The number of carbonyl (C=O) groups excluding carboxylic acids is 1. The van der Waals surface area contributed by atoms with Crippen LogP contribution in [0.4, 0.5) is 0 Å². The van der Waals surface area contributed by atoms with Crippen LogP contribution in [0.2, 0.25) is 0 Å². The van der Waals surface area contributed by atoms with Crippen molar-refractivity contribution in [2.45, 2.75) is 26.4 Å². The highest BCUT2D eigenvalue weighted by atomic mass is 16.3. The Balaban J connectivity index is 3.50. The maximum atomic E-state index is 10.4. The Morgan fingerprint density at radius 1 is 1.78 bits per heavy atom. The molecular formula is C7H12O2. The lowest BCUT2D eigenvalue weighted by Crippen LogP contribution is -2.15. The topological polar surface area (TPSA) is 37.3 Å². The quantitative estimate of drug-likeness (QED) is 0.573. The van der Waals surface area contributed by atoms with Crippen molar-refractivity contribution >= 4 is 5.78 Å². The smallest absolute Gasteiger partial charge is 0.158 e. The Morgan fingerprint density at radius 3 is 2.67 bits per heavy atom. The molecule has 2 nitrogen and oxygen atoms in total. The van der Waals surface area contributed by atoms with Crippen LogP contribution in [-0.2, 0) is 4.79 Å². The molecule has 2 heteroatoms. The van der Waals surface area contributed by atoms with E-state index in [9.17, 15) is 4.79 Å². The van der Waals surface area contributed by atoms with Crippen molar-refractivity contribution in [1.82, 2.24) is 0 Å². The van der Waals surface area contributed by atoms with E-state index in [1.165, 1.54) is 6.92 Å². The number of Topliss-reactive ketones (excluding diaryl/α,β-unsaturated/α-hetero) is 1. The van der Waals surface area contributed by atoms with Gasteiger partial charge in [-0.2, -0.15) is 0 Å². The zero-order valence-electron chi connectivity index (χ0n) is 5.79. The molecule has 9 heavy (non-hydrogen) atoms. The summed E-state index contributed by atoms with van der Waals surface area (Å²) in [6.45, 7) is 3.24. The molecule has 0 aliphatic heterocycles. The van der Waals surface area contributed by atoms with Crippen LogP contribution in [-0.4, -0.2) is 17.0 Å². The summed E-state index contributed by atoms with van der Waals surface area (Å²) in [6.07, 6.45) is 3.21. The average molecular weight is 128 g/mol. The summed E-state index contributed by atoms with van der Waals surface area (Å²) in [5.74, 6) is -0.173. The first-order chi connectivity index (χ1) is 4.18. The second kappa shape index (κ2) is 4.27. The van der Waals surface area contributed by atoms with Gasteiger partial charge in [0.25, 0.3) is 0 Å². The Bertz CT molecular complexity index is 116. The average Bonchev–Trinajstić information content (AvgIpc) is 1.82. The van der Waals surface area contributed by atoms with Gasteiger partial charge in [-0.3, -0.25) is 4.79 Å². The van der Waals surface area contributed by atoms with Crippen LogP contribution in [0.1, 0.15) is 20.3 Å². The Morgan fingerprint density at radius 2 is 2.33 bits per heavy atom. The molecule has 0 fully saturated rings. The number of aliphatic hydroxyl groups is 1. The van der Waals surface area contributed by atoms with Crippen molar-refractivity contribution in [3.8, 4) is 0 Å². The fourth-order valence-corrected chi connectivity index (χ4v) is 0.431. The number of rotatable bonds is 3. The van der Waals surface area contributed by atoms with Gasteiger partial charge >= 0.3 is 0 Å². The summed E-state index contributed by atoms with van der Waals surface area (Å²) in [5.41, 5.74) is 0. The largest absolute Gasteiger partial charge is 0.385 e. The van der Waals surface area contributed by atoms with Gasteiger partial charge in [-0.1, -0.05) is 12.2 Å². The van der Waals surface area contributed by atoms with Crippen LogP contribution in [0.15, 0.2) is 12.2 Å². The lowest BCUT2D eigenvalue weighted by atomic mass is 10.2. The van der Waals surface area contributed by atoms with Crippen LogP contribution in [0.25, 0.3) is 0 Å². The lowest BCUT2D eigenvalue weighted by molar-refractivity contribution is -0.124. The first kappa shape index (κ1) is 8.37. The number of hydrogen-bond donors (Lipinski definition) is 1. The molecule has 1 N–H and O–H groups in total. The third kappa shape index (κ3) is 3.91. The Hall–Kier alpha value is -0.630. The zero-order chi connectivity index (χ0) is 7.28. The highest BCUT2D eigenvalue weighted by molar-refractivity contribution is 5.80. The summed E-state index contributed by atoms with van der Waals surface area (Å²) in [5, 5.41) is 8.86. The van der Waals surface area contributed by atoms with E-state index in [1.807, 2.05) is 13.0 Å². The van der Waals surface area contributed by atoms with Crippen molar-refractivity contribution < 1.29 is 9.90 Å². The number of aliphatic hydroxyl groups excluding tert-OH is 1. The van der Waals surface area contributed by atoms with Gasteiger partial charge in [-0.15, -0.1) is 0 Å². The molecule has 0 spiro atoms. The van der Waals surface area contributed by atoms with Gasteiger partial charge in [-0.25, -0.2) is 0 Å². The Labute approximate surface area is 55.2 Å². The summed E-state index contributed by atoms with van der Waals surface area (Å²) < 4.78 is 0. The SMILES string of the molecule is CC=CC[C@H](O)C(C)=O. The normalized spacial score (nSPS) is 14.1. The third-order valence-electron chi connectivity index (χ3n) is 1.06. The predicted octanol–water partition coefficient (Wildman–Crippen LogP) is 0.903. The van der Waals surface area contributed by atoms with Crippen LogP contribution < -0.4 is 0 Å². The molecule has 0 aliphatic carbocycles.